The molecule has 3 atom stereocenters. The van der Waals surface area contributed by atoms with E-state index in [1.165, 1.54) is 51.4 Å². The van der Waals surface area contributed by atoms with E-state index in [-0.39, 0.29) is 0 Å². The quantitative estimate of drug-likeness (QED) is 0.212. The molecule has 184 valence electrons. The van der Waals surface area contributed by atoms with Gasteiger partial charge in [0.2, 0.25) is 0 Å². The third kappa shape index (κ3) is 9.32. The van der Waals surface area contributed by atoms with Crippen LogP contribution in [0.5, 0.6) is 0 Å². The highest BCUT2D eigenvalue weighted by molar-refractivity contribution is 5.96. The van der Waals surface area contributed by atoms with Crippen LogP contribution in [0.1, 0.15) is 109 Å². The van der Waals surface area contributed by atoms with Gasteiger partial charge < -0.3 is 9.84 Å². The van der Waals surface area contributed by atoms with Gasteiger partial charge >= 0.3 is 6.09 Å². The number of carbonyl (C=O) groups excluding carboxylic acids is 2. The van der Waals surface area contributed by atoms with Crippen molar-refractivity contribution < 1.29 is 19.4 Å². The number of benzene rings is 1. The predicted molar refractivity (Wildman–Crippen MR) is 133 cm³/mol. The summed E-state index contributed by atoms with van der Waals surface area (Å²) >= 11 is 0. The van der Waals surface area contributed by atoms with Crippen molar-refractivity contribution in [2.24, 2.45) is 0 Å². The largest absolute Gasteiger partial charge is 0.439 e. The van der Waals surface area contributed by atoms with Crippen molar-refractivity contribution in [3.63, 3.8) is 0 Å². The normalized spacial score (nSPS) is 19.2. The molecule has 1 aromatic carbocycles. The Morgan fingerprint density at radius 2 is 1.55 bits per heavy atom. The Hall–Kier alpha value is -2.14. The van der Waals surface area contributed by atoms with E-state index in [0.717, 1.165) is 36.1 Å². The van der Waals surface area contributed by atoms with Gasteiger partial charge in [-0.15, -0.1) is 0 Å². The molecule has 1 fully saturated rings. The topological polar surface area (TPSA) is 66.8 Å². The molecule has 1 heterocycles. The Morgan fingerprint density at radius 1 is 0.970 bits per heavy atom. The minimum Gasteiger partial charge on any atom is -0.439 e. The average molecular weight is 458 g/mol. The number of hydrogen-bond donors (Lipinski definition) is 1. The number of rotatable bonds is 16. The molecule has 0 spiro atoms. The molecule has 2 amide bonds. The van der Waals surface area contributed by atoms with Gasteiger partial charge in [-0.25, -0.2) is 9.69 Å². The molecule has 0 radical (unpaired) electrons. The summed E-state index contributed by atoms with van der Waals surface area (Å²) < 4.78 is 5.42. The van der Waals surface area contributed by atoms with Crippen LogP contribution in [0.3, 0.4) is 0 Å². The number of carbonyl (C=O) groups is 2. The van der Waals surface area contributed by atoms with E-state index < -0.39 is 30.3 Å². The summed E-state index contributed by atoms with van der Waals surface area (Å²) in [5, 5.41) is 10.4. The van der Waals surface area contributed by atoms with Crippen LogP contribution in [-0.2, 0) is 9.53 Å². The van der Waals surface area contributed by atoms with E-state index in [9.17, 15) is 14.7 Å². The predicted octanol–water partition coefficient (Wildman–Crippen LogP) is 7.10. The van der Waals surface area contributed by atoms with Crippen molar-refractivity contribution in [2.45, 2.75) is 116 Å². The van der Waals surface area contributed by atoms with Crippen LogP contribution in [0.4, 0.5) is 4.79 Å². The van der Waals surface area contributed by atoms with Crippen LogP contribution in [0.25, 0.3) is 0 Å². The summed E-state index contributed by atoms with van der Waals surface area (Å²) in [6.45, 7) is 4.03. The van der Waals surface area contributed by atoms with Gasteiger partial charge in [0.1, 0.15) is 12.2 Å². The SMILES string of the molecule is CCCCCC/C=C/CCCCCCCC[C@@H](O)C(=O)N1C(=O)O[C@@H](c2ccccc2)[C@H]1C. The second-order valence-corrected chi connectivity index (χ2v) is 9.20. The molecule has 0 bridgehead atoms. The van der Waals surface area contributed by atoms with Crippen molar-refractivity contribution in [1.82, 2.24) is 4.90 Å². The summed E-state index contributed by atoms with van der Waals surface area (Å²) in [5.74, 6) is -0.549. The first-order chi connectivity index (χ1) is 16.1. The lowest BCUT2D eigenvalue weighted by Crippen LogP contribution is -2.43. The van der Waals surface area contributed by atoms with Gasteiger partial charge in [0.25, 0.3) is 5.91 Å². The van der Waals surface area contributed by atoms with Crippen LogP contribution < -0.4 is 0 Å². The number of hydrogen-bond acceptors (Lipinski definition) is 4. The first kappa shape index (κ1) is 27.1. The third-order valence-corrected chi connectivity index (χ3v) is 6.41. The van der Waals surface area contributed by atoms with Crippen LogP contribution in [0, 0.1) is 0 Å². The molecule has 1 saturated heterocycles. The van der Waals surface area contributed by atoms with Gasteiger partial charge in [-0.2, -0.15) is 0 Å². The van der Waals surface area contributed by atoms with Crippen molar-refractivity contribution in [2.75, 3.05) is 0 Å². The zero-order chi connectivity index (χ0) is 23.9. The molecule has 1 N–H and O–H groups in total. The minimum atomic E-state index is -1.16. The summed E-state index contributed by atoms with van der Waals surface area (Å²) in [5.41, 5.74) is 0.852. The average Bonchev–Trinajstić information content (AvgIpc) is 3.12. The number of cyclic esters (lactones) is 1. The summed E-state index contributed by atoms with van der Waals surface area (Å²) in [6, 6.07) is 8.97. The second kappa shape index (κ2) is 15.7. The fourth-order valence-corrected chi connectivity index (χ4v) is 4.36. The van der Waals surface area contributed by atoms with Crippen LogP contribution in [0.15, 0.2) is 42.5 Å². The molecular formula is C28H43NO4. The number of aliphatic hydroxyl groups is 1. The number of unbranched alkanes of at least 4 members (excludes halogenated alkanes) is 10. The Morgan fingerprint density at radius 3 is 2.18 bits per heavy atom. The maximum Gasteiger partial charge on any atom is 0.417 e. The number of nitrogens with zero attached hydrogens (tertiary/aromatic N) is 1. The zero-order valence-electron chi connectivity index (χ0n) is 20.6. The highest BCUT2D eigenvalue weighted by atomic mass is 16.6. The van der Waals surface area contributed by atoms with E-state index in [2.05, 4.69) is 19.1 Å². The number of aliphatic hydroxyl groups excluding tert-OH is 1. The molecule has 0 saturated carbocycles. The van der Waals surface area contributed by atoms with Gasteiger partial charge in [0, 0.05) is 0 Å². The lowest BCUT2D eigenvalue weighted by Gasteiger charge is -2.21. The Labute approximate surface area is 200 Å². The van der Waals surface area contributed by atoms with Gasteiger partial charge in [-0.3, -0.25) is 4.79 Å². The van der Waals surface area contributed by atoms with Crippen molar-refractivity contribution in [3.05, 3.63) is 48.0 Å². The second-order valence-electron chi connectivity index (χ2n) is 9.20. The molecule has 2 rings (SSSR count). The molecule has 1 aliphatic rings. The molecule has 0 aromatic heterocycles. The Kier molecular flexibility index (Phi) is 12.9. The third-order valence-electron chi connectivity index (χ3n) is 6.41. The fourth-order valence-electron chi connectivity index (χ4n) is 4.36. The molecule has 5 heteroatoms. The number of ether oxygens (including phenoxy) is 1. The first-order valence-corrected chi connectivity index (χ1v) is 13.0. The smallest absolute Gasteiger partial charge is 0.417 e. The Bertz CT molecular complexity index is 718. The monoisotopic (exact) mass is 457 g/mol. The maximum absolute atomic E-state index is 12.7. The molecular weight excluding hydrogens is 414 g/mol. The summed E-state index contributed by atoms with van der Waals surface area (Å²) in [4.78, 5) is 26.0. The molecule has 5 nitrogen and oxygen atoms in total. The number of imide groups is 1. The van der Waals surface area contributed by atoms with Crippen molar-refractivity contribution in [1.29, 1.82) is 0 Å². The van der Waals surface area contributed by atoms with Crippen LogP contribution in [0.2, 0.25) is 0 Å². The van der Waals surface area contributed by atoms with Crippen LogP contribution in [-0.4, -0.2) is 34.2 Å². The standard InChI is InChI=1S/C28H43NO4/c1-3-4-5-6-7-8-9-10-11-12-13-14-15-19-22-25(30)27(31)29-23(2)26(33-28(29)32)24-20-17-16-18-21-24/h8-9,16-18,20-21,23,25-26,30H,3-7,10-15,19,22H2,1-2H3/b9-8+/t23-,25-,26-/m1/s1. The van der Waals surface area contributed by atoms with E-state index in [0.29, 0.717) is 6.42 Å². The zero-order valence-corrected chi connectivity index (χ0v) is 20.6. The first-order valence-electron chi connectivity index (χ1n) is 13.0. The van der Waals surface area contributed by atoms with Gasteiger partial charge in [0.15, 0.2) is 0 Å². The summed E-state index contributed by atoms with van der Waals surface area (Å²) in [7, 11) is 0. The number of allylic oxidation sites excluding steroid dienone is 2. The van der Waals surface area contributed by atoms with Gasteiger partial charge in [-0.05, 0) is 44.6 Å². The highest BCUT2D eigenvalue weighted by Gasteiger charge is 2.44. The lowest BCUT2D eigenvalue weighted by atomic mass is 10.0. The van der Waals surface area contributed by atoms with Crippen molar-refractivity contribution in [3.8, 4) is 0 Å². The molecule has 33 heavy (non-hydrogen) atoms. The van der Waals surface area contributed by atoms with E-state index in [4.69, 9.17) is 4.74 Å². The van der Waals surface area contributed by atoms with Gasteiger partial charge in [0.05, 0.1) is 6.04 Å². The maximum atomic E-state index is 12.7. The van der Waals surface area contributed by atoms with Crippen LogP contribution >= 0.6 is 0 Å². The van der Waals surface area contributed by atoms with E-state index >= 15 is 0 Å². The van der Waals surface area contributed by atoms with Crippen molar-refractivity contribution >= 4 is 12.0 Å². The molecule has 0 unspecified atom stereocenters. The molecule has 1 aliphatic heterocycles. The molecule has 0 aliphatic carbocycles. The fraction of sp³-hybridized carbons (Fsp3) is 0.643. The van der Waals surface area contributed by atoms with E-state index in [1.54, 1.807) is 6.92 Å². The summed E-state index contributed by atoms with van der Waals surface area (Å²) in [6.07, 6.45) is 16.9. The number of amides is 2. The van der Waals surface area contributed by atoms with E-state index in [1.807, 2.05) is 30.3 Å². The molecule has 1 aromatic rings. The van der Waals surface area contributed by atoms with Gasteiger partial charge in [-0.1, -0.05) is 101 Å². The lowest BCUT2D eigenvalue weighted by molar-refractivity contribution is -0.138. The highest BCUT2D eigenvalue weighted by Crippen LogP contribution is 2.32. The minimum absolute atomic E-state index is 0.381. The Balaban J connectivity index is 1.56.